The van der Waals surface area contributed by atoms with Gasteiger partial charge in [-0.25, -0.2) is 27.5 Å². The third kappa shape index (κ3) is 3.98. The van der Waals surface area contributed by atoms with Crippen LogP contribution in [0.4, 0.5) is 21.8 Å². The summed E-state index contributed by atoms with van der Waals surface area (Å²) >= 11 is 0. The Morgan fingerprint density at radius 3 is 2.53 bits per heavy atom. The molecular formula is C21H22FN7O2S. The van der Waals surface area contributed by atoms with Crippen molar-refractivity contribution in [3.63, 3.8) is 0 Å². The van der Waals surface area contributed by atoms with Crippen molar-refractivity contribution in [3.05, 3.63) is 47.5 Å². The number of aryl methyl sites for hydroxylation is 3. The second-order valence-electron chi connectivity index (χ2n) is 7.54. The minimum atomic E-state index is -3.36. The Morgan fingerprint density at radius 1 is 1.09 bits per heavy atom. The molecule has 32 heavy (non-hydrogen) atoms. The molecule has 11 heteroatoms. The molecule has 166 valence electrons. The van der Waals surface area contributed by atoms with Crippen LogP contribution >= 0.6 is 0 Å². The molecule has 0 radical (unpaired) electrons. The van der Waals surface area contributed by atoms with Crippen LogP contribution in [-0.4, -0.2) is 46.5 Å². The van der Waals surface area contributed by atoms with Gasteiger partial charge >= 0.3 is 0 Å². The van der Waals surface area contributed by atoms with Crippen LogP contribution in [0.25, 0.3) is 22.3 Å². The zero-order chi connectivity index (χ0) is 23.2. The van der Waals surface area contributed by atoms with Gasteiger partial charge < -0.3 is 10.6 Å². The zero-order valence-electron chi connectivity index (χ0n) is 18.2. The number of hydrogen-bond donors (Lipinski definition) is 2. The number of fused-ring (bicyclic) bond motifs is 1. The molecule has 0 saturated carbocycles. The molecule has 0 spiro atoms. The third-order valence-corrected chi connectivity index (χ3v) is 6.05. The largest absolute Gasteiger partial charge is 0.372 e. The van der Waals surface area contributed by atoms with Crippen molar-refractivity contribution in [2.24, 2.45) is 7.05 Å². The van der Waals surface area contributed by atoms with Gasteiger partial charge in [0.05, 0.1) is 21.5 Å². The number of halogens is 1. The van der Waals surface area contributed by atoms with E-state index in [0.29, 0.717) is 39.5 Å². The van der Waals surface area contributed by atoms with Gasteiger partial charge in [-0.2, -0.15) is 10.1 Å². The highest BCUT2D eigenvalue weighted by Gasteiger charge is 2.19. The van der Waals surface area contributed by atoms with Crippen molar-refractivity contribution in [2.45, 2.75) is 18.7 Å². The maximum absolute atomic E-state index is 14.2. The van der Waals surface area contributed by atoms with Crippen molar-refractivity contribution < 1.29 is 12.8 Å². The highest BCUT2D eigenvalue weighted by atomic mass is 32.2. The molecule has 0 saturated heterocycles. The summed E-state index contributed by atoms with van der Waals surface area (Å²) in [5.41, 5.74) is 3.25. The van der Waals surface area contributed by atoms with Gasteiger partial charge in [-0.1, -0.05) is 0 Å². The van der Waals surface area contributed by atoms with E-state index in [1.165, 1.54) is 12.1 Å². The number of benzene rings is 1. The van der Waals surface area contributed by atoms with E-state index in [-0.39, 0.29) is 10.8 Å². The van der Waals surface area contributed by atoms with Crippen molar-refractivity contribution in [2.75, 3.05) is 23.9 Å². The molecule has 0 aliphatic carbocycles. The van der Waals surface area contributed by atoms with E-state index in [1.807, 2.05) is 6.92 Å². The van der Waals surface area contributed by atoms with Crippen molar-refractivity contribution in [1.82, 2.24) is 24.7 Å². The summed E-state index contributed by atoms with van der Waals surface area (Å²) in [5.74, 6) is 0.320. The molecule has 2 N–H and O–H groups in total. The topological polar surface area (TPSA) is 115 Å². The molecule has 1 aromatic carbocycles. The van der Waals surface area contributed by atoms with Gasteiger partial charge in [0, 0.05) is 32.2 Å². The molecule has 0 atom stereocenters. The Bertz CT molecular complexity index is 1470. The predicted molar refractivity (Wildman–Crippen MR) is 121 cm³/mol. The van der Waals surface area contributed by atoms with E-state index < -0.39 is 15.7 Å². The summed E-state index contributed by atoms with van der Waals surface area (Å²) in [6, 6.07) is 6.34. The lowest BCUT2D eigenvalue weighted by molar-refractivity contribution is 0.602. The van der Waals surface area contributed by atoms with E-state index in [0.717, 1.165) is 11.8 Å². The number of pyridine rings is 1. The standard InChI is InChI=1S/C21H22FN7O2S/c1-11-6-13(8-14(7-11)32(5,30)31)26-21-24-10-16(19(23-3)27-21)18-15-9-17(22)12(2)25-20(15)29(4)28-18/h6-10H,1-5H3,(H2,23,24,26,27). The molecule has 0 fully saturated rings. The quantitative estimate of drug-likeness (QED) is 0.471. The lowest BCUT2D eigenvalue weighted by atomic mass is 10.1. The van der Waals surface area contributed by atoms with Crippen LogP contribution in [0.2, 0.25) is 0 Å². The number of nitrogens with one attached hydrogen (secondary N) is 2. The molecular weight excluding hydrogens is 433 g/mol. The highest BCUT2D eigenvalue weighted by molar-refractivity contribution is 7.90. The fourth-order valence-corrected chi connectivity index (χ4v) is 4.15. The lowest BCUT2D eigenvalue weighted by Crippen LogP contribution is -2.04. The number of rotatable bonds is 5. The van der Waals surface area contributed by atoms with Gasteiger partial charge in [0.25, 0.3) is 0 Å². The summed E-state index contributed by atoms with van der Waals surface area (Å²) in [6.45, 7) is 3.41. The van der Waals surface area contributed by atoms with Crippen LogP contribution in [0.15, 0.2) is 35.4 Å². The monoisotopic (exact) mass is 455 g/mol. The Kier molecular flexibility index (Phi) is 5.29. The summed E-state index contributed by atoms with van der Waals surface area (Å²) in [6.07, 6.45) is 2.74. The summed E-state index contributed by atoms with van der Waals surface area (Å²) in [5, 5.41) is 11.1. The molecule has 9 nitrogen and oxygen atoms in total. The first-order valence-electron chi connectivity index (χ1n) is 9.70. The molecule has 4 rings (SSSR count). The summed E-state index contributed by atoms with van der Waals surface area (Å²) < 4.78 is 39.6. The fourth-order valence-electron chi connectivity index (χ4n) is 3.41. The molecule has 3 heterocycles. The average Bonchev–Trinajstić information content (AvgIpc) is 3.02. The zero-order valence-corrected chi connectivity index (χ0v) is 19.0. The first-order chi connectivity index (χ1) is 15.1. The Balaban J connectivity index is 1.76. The summed E-state index contributed by atoms with van der Waals surface area (Å²) in [4.78, 5) is 13.3. The second kappa shape index (κ2) is 7.83. The van der Waals surface area contributed by atoms with Gasteiger partial charge in [-0.3, -0.25) is 0 Å². The van der Waals surface area contributed by atoms with E-state index in [4.69, 9.17) is 0 Å². The number of anilines is 3. The van der Waals surface area contributed by atoms with Crippen LogP contribution < -0.4 is 10.6 Å². The normalized spacial score (nSPS) is 11.7. The maximum atomic E-state index is 14.2. The molecule has 3 aromatic heterocycles. The van der Waals surface area contributed by atoms with Gasteiger partial charge in [-0.05, 0) is 43.7 Å². The molecule has 4 aromatic rings. The van der Waals surface area contributed by atoms with Gasteiger partial charge in [-0.15, -0.1) is 0 Å². The van der Waals surface area contributed by atoms with E-state index >= 15 is 0 Å². The molecule has 0 amide bonds. The minimum absolute atomic E-state index is 0.204. The lowest BCUT2D eigenvalue weighted by Gasteiger charge is -2.11. The van der Waals surface area contributed by atoms with Crippen LogP contribution in [0, 0.1) is 19.7 Å². The number of nitrogens with zero attached hydrogens (tertiary/aromatic N) is 5. The maximum Gasteiger partial charge on any atom is 0.229 e. The molecule has 0 bridgehead atoms. The Morgan fingerprint density at radius 2 is 1.84 bits per heavy atom. The minimum Gasteiger partial charge on any atom is -0.372 e. The van der Waals surface area contributed by atoms with Gasteiger partial charge in [0.2, 0.25) is 5.95 Å². The van der Waals surface area contributed by atoms with Crippen LogP contribution in [0.5, 0.6) is 0 Å². The van der Waals surface area contributed by atoms with E-state index in [9.17, 15) is 12.8 Å². The number of hydrogen-bond acceptors (Lipinski definition) is 8. The summed E-state index contributed by atoms with van der Waals surface area (Å²) in [7, 11) is 0.0846. The smallest absolute Gasteiger partial charge is 0.229 e. The number of aromatic nitrogens is 5. The molecule has 0 unspecified atom stereocenters. The second-order valence-corrected chi connectivity index (χ2v) is 9.55. The SMILES string of the molecule is CNc1nc(Nc2cc(C)cc(S(C)(=O)=O)c2)ncc1-c1nn(C)c2nc(C)c(F)cc12. The Hall–Kier alpha value is -3.60. The first-order valence-corrected chi connectivity index (χ1v) is 11.6. The average molecular weight is 456 g/mol. The Labute approximate surface area is 184 Å². The highest BCUT2D eigenvalue weighted by Crippen LogP contribution is 2.32. The molecule has 0 aliphatic heterocycles. The first kappa shape index (κ1) is 21.6. The van der Waals surface area contributed by atoms with E-state index in [2.05, 4.69) is 30.7 Å². The van der Waals surface area contributed by atoms with Crippen LogP contribution in [0.3, 0.4) is 0 Å². The number of sulfone groups is 1. The molecule has 0 aliphatic rings. The van der Waals surface area contributed by atoms with E-state index in [1.54, 1.807) is 44.0 Å². The fraction of sp³-hybridized carbons (Fsp3) is 0.238. The van der Waals surface area contributed by atoms with Crippen LogP contribution in [0.1, 0.15) is 11.3 Å². The van der Waals surface area contributed by atoms with Crippen molar-refractivity contribution in [3.8, 4) is 11.3 Å². The van der Waals surface area contributed by atoms with Crippen molar-refractivity contribution >= 4 is 38.3 Å². The predicted octanol–water partition coefficient (Wildman–Crippen LogP) is 3.37. The van der Waals surface area contributed by atoms with Gasteiger partial charge in [0.1, 0.15) is 17.3 Å². The van der Waals surface area contributed by atoms with Crippen LogP contribution in [-0.2, 0) is 16.9 Å². The third-order valence-electron chi connectivity index (χ3n) is 4.96. The van der Waals surface area contributed by atoms with Crippen molar-refractivity contribution in [1.29, 1.82) is 0 Å². The van der Waals surface area contributed by atoms with Gasteiger partial charge in [0.15, 0.2) is 15.5 Å².